The first-order valence-corrected chi connectivity index (χ1v) is 7.07. The summed E-state index contributed by atoms with van der Waals surface area (Å²) in [5.41, 5.74) is 2.48. The third-order valence-electron chi connectivity index (χ3n) is 3.29. The molecule has 0 N–H and O–H groups in total. The van der Waals surface area contributed by atoms with Gasteiger partial charge in [0.2, 0.25) is 5.82 Å². The van der Waals surface area contributed by atoms with Gasteiger partial charge in [0.15, 0.2) is 5.69 Å². The van der Waals surface area contributed by atoms with Gasteiger partial charge in [-0.1, -0.05) is 40.7 Å². The van der Waals surface area contributed by atoms with Crippen molar-refractivity contribution in [2.24, 2.45) is 0 Å². The third-order valence-corrected chi connectivity index (χ3v) is 3.29. The van der Waals surface area contributed by atoms with Crippen LogP contribution in [0.3, 0.4) is 0 Å². The van der Waals surface area contributed by atoms with Gasteiger partial charge in [0, 0.05) is 12.4 Å². The first-order valence-electron chi connectivity index (χ1n) is 7.07. The van der Waals surface area contributed by atoms with Crippen molar-refractivity contribution in [1.82, 2.24) is 30.1 Å². The summed E-state index contributed by atoms with van der Waals surface area (Å²) < 4.78 is 7.00. The van der Waals surface area contributed by atoms with E-state index in [1.807, 2.05) is 42.5 Å². The van der Waals surface area contributed by atoms with Gasteiger partial charge < -0.3 is 4.52 Å². The summed E-state index contributed by atoms with van der Waals surface area (Å²) >= 11 is 0. The Morgan fingerprint density at radius 1 is 1.04 bits per heavy atom. The van der Waals surface area contributed by atoms with Crippen molar-refractivity contribution in [3.8, 4) is 23.0 Å². The highest BCUT2D eigenvalue weighted by molar-refractivity contribution is 5.55. The van der Waals surface area contributed by atoms with Gasteiger partial charge in [-0.05, 0) is 17.7 Å². The number of pyridine rings is 1. The minimum Gasteiger partial charge on any atom is -0.333 e. The second-order valence-electron chi connectivity index (χ2n) is 4.95. The lowest BCUT2D eigenvalue weighted by Gasteiger charge is -1.98. The molecule has 7 nitrogen and oxygen atoms in total. The van der Waals surface area contributed by atoms with Crippen molar-refractivity contribution in [2.75, 3.05) is 0 Å². The summed E-state index contributed by atoms with van der Waals surface area (Å²) in [6.07, 6.45) is 5.16. The molecule has 0 bridgehead atoms. The van der Waals surface area contributed by atoms with Crippen molar-refractivity contribution in [3.05, 3.63) is 66.6 Å². The van der Waals surface area contributed by atoms with Crippen LogP contribution >= 0.6 is 0 Å². The molecular weight excluding hydrogens is 292 g/mol. The molecule has 0 amide bonds. The van der Waals surface area contributed by atoms with E-state index < -0.39 is 0 Å². The maximum Gasteiger partial charge on any atom is 0.259 e. The van der Waals surface area contributed by atoms with Crippen LogP contribution in [0.1, 0.15) is 5.56 Å². The van der Waals surface area contributed by atoms with Gasteiger partial charge in [0.25, 0.3) is 5.89 Å². The van der Waals surface area contributed by atoms with Crippen LogP contribution in [0.2, 0.25) is 0 Å². The van der Waals surface area contributed by atoms with Gasteiger partial charge in [-0.3, -0.25) is 4.98 Å². The quantitative estimate of drug-likeness (QED) is 0.576. The van der Waals surface area contributed by atoms with Crippen LogP contribution in [0.25, 0.3) is 23.0 Å². The molecule has 1 aromatic carbocycles. The fourth-order valence-electron chi connectivity index (χ4n) is 2.18. The van der Waals surface area contributed by atoms with Gasteiger partial charge in [-0.25, -0.2) is 4.68 Å². The number of hydrogen-bond acceptors (Lipinski definition) is 6. The second kappa shape index (κ2) is 5.80. The lowest BCUT2D eigenvalue weighted by Crippen LogP contribution is -1.99. The predicted octanol–water partition coefficient (Wildman–Crippen LogP) is 2.44. The van der Waals surface area contributed by atoms with E-state index in [0.717, 1.165) is 11.1 Å². The lowest BCUT2D eigenvalue weighted by atomic mass is 10.2. The molecule has 4 aromatic rings. The standard InChI is InChI=1S/C16H12N6O/c1-2-5-12(6-3-1)10-22-11-14(19-21-22)15-18-16(23-20-15)13-7-4-8-17-9-13/h1-9,11H,10H2. The SMILES string of the molecule is c1ccc(Cn2cc(-c3noc(-c4cccnc4)n3)nn2)cc1. The fraction of sp³-hybridized carbons (Fsp3) is 0.0625. The number of rotatable bonds is 4. The average Bonchev–Trinajstić information content (AvgIpc) is 3.26. The van der Waals surface area contributed by atoms with E-state index in [9.17, 15) is 0 Å². The van der Waals surface area contributed by atoms with E-state index in [-0.39, 0.29) is 0 Å². The molecule has 112 valence electrons. The molecule has 3 heterocycles. The van der Waals surface area contributed by atoms with Crippen LogP contribution in [0, 0.1) is 0 Å². The predicted molar refractivity (Wildman–Crippen MR) is 82.1 cm³/mol. The number of benzene rings is 1. The van der Waals surface area contributed by atoms with Crippen molar-refractivity contribution < 1.29 is 4.52 Å². The highest BCUT2D eigenvalue weighted by Gasteiger charge is 2.13. The summed E-state index contributed by atoms with van der Waals surface area (Å²) in [6, 6.07) is 13.7. The lowest BCUT2D eigenvalue weighted by molar-refractivity contribution is 0.432. The van der Waals surface area contributed by atoms with Gasteiger partial charge in [0.1, 0.15) is 0 Å². The molecule has 0 aliphatic carbocycles. The Morgan fingerprint density at radius 3 is 2.78 bits per heavy atom. The largest absolute Gasteiger partial charge is 0.333 e. The molecule has 0 radical (unpaired) electrons. The van der Waals surface area contributed by atoms with Gasteiger partial charge in [-0.2, -0.15) is 4.98 Å². The maximum absolute atomic E-state index is 5.25. The summed E-state index contributed by atoms with van der Waals surface area (Å²) in [7, 11) is 0. The second-order valence-corrected chi connectivity index (χ2v) is 4.95. The van der Waals surface area contributed by atoms with Crippen LogP contribution in [0.15, 0.2) is 65.6 Å². The Bertz CT molecular complexity index is 900. The van der Waals surface area contributed by atoms with E-state index in [1.165, 1.54) is 0 Å². The van der Waals surface area contributed by atoms with Crippen LogP contribution < -0.4 is 0 Å². The molecule has 0 aliphatic heterocycles. The van der Waals surface area contributed by atoms with E-state index >= 15 is 0 Å². The Labute approximate surface area is 131 Å². The van der Waals surface area contributed by atoms with Gasteiger partial charge in [0.05, 0.1) is 18.3 Å². The first-order chi connectivity index (χ1) is 11.4. The molecule has 0 saturated heterocycles. The summed E-state index contributed by atoms with van der Waals surface area (Å²) in [6.45, 7) is 0.640. The monoisotopic (exact) mass is 304 g/mol. The van der Waals surface area contributed by atoms with E-state index in [1.54, 1.807) is 23.3 Å². The number of nitrogens with zero attached hydrogens (tertiary/aromatic N) is 6. The molecule has 0 unspecified atom stereocenters. The van der Waals surface area contributed by atoms with E-state index in [0.29, 0.717) is 24.0 Å². The van der Waals surface area contributed by atoms with Crippen LogP contribution in [-0.4, -0.2) is 30.1 Å². The molecular formula is C16H12N6O. The minimum atomic E-state index is 0.406. The normalized spacial score (nSPS) is 10.8. The average molecular weight is 304 g/mol. The van der Waals surface area contributed by atoms with Crippen LogP contribution in [0.5, 0.6) is 0 Å². The van der Waals surface area contributed by atoms with Gasteiger partial charge >= 0.3 is 0 Å². The number of hydrogen-bond donors (Lipinski definition) is 0. The van der Waals surface area contributed by atoms with Crippen molar-refractivity contribution in [2.45, 2.75) is 6.54 Å². The smallest absolute Gasteiger partial charge is 0.259 e. The van der Waals surface area contributed by atoms with Crippen molar-refractivity contribution in [1.29, 1.82) is 0 Å². The zero-order valence-electron chi connectivity index (χ0n) is 12.1. The molecule has 4 rings (SSSR count). The molecule has 3 aromatic heterocycles. The van der Waals surface area contributed by atoms with Crippen LogP contribution in [0.4, 0.5) is 0 Å². The van der Waals surface area contributed by atoms with E-state index in [2.05, 4.69) is 25.4 Å². The number of aromatic nitrogens is 6. The molecule has 0 atom stereocenters. The van der Waals surface area contributed by atoms with Crippen molar-refractivity contribution >= 4 is 0 Å². The molecule has 7 heteroatoms. The van der Waals surface area contributed by atoms with Gasteiger partial charge in [-0.15, -0.1) is 5.10 Å². The molecule has 0 fully saturated rings. The summed E-state index contributed by atoms with van der Waals surface area (Å²) in [5, 5.41) is 12.2. The maximum atomic E-state index is 5.25. The molecule has 0 saturated carbocycles. The highest BCUT2D eigenvalue weighted by Crippen LogP contribution is 2.19. The minimum absolute atomic E-state index is 0.406. The topological polar surface area (TPSA) is 82.5 Å². The third kappa shape index (κ3) is 2.84. The Kier molecular flexibility index (Phi) is 3.36. The Morgan fingerprint density at radius 2 is 1.96 bits per heavy atom. The zero-order chi connectivity index (χ0) is 15.5. The fourth-order valence-corrected chi connectivity index (χ4v) is 2.18. The summed E-state index contributed by atoms with van der Waals surface area (Å²) in [4.78, 5) is 8.37. The van der Waals surface area contributed by atoms with E-state index in [4.69, 9.17) is 4.52 Å². The first kappa shape index (κ1) is 13.3. The molecule has 23 heavy (non-hydrogen) atoms. The Hall–Kier alpha value is -3.35. The summed E-state index contributed by atoms with van der Waals surface area (Å²) in [5.74, 6) is 0.814. The van der Waals surface area contributed by atoms with Crippen LogP contribution in [-0.2, 0) is 6.54 Å². The molecule has 0 spiro atoms. The zero-order valence-corrected chi connectivity index (χ0v) is 12.1. The molecule has 0 aliphatic rings. The Balaban J connectivity index is 1.56. The highest BCUT2D eigenvalue weighted by atomic mass is 16.5. The van der Waals surface area contributed by atoms with Crippen molar-refractivity contribution in [3.63, 3.8) is 0 Å².